The van der Waals surface area contributed by atoms with Gasteiger partial charge in [0.05, 0.1) is 14.2 Å². The zero-order valence-electron chi connectivity index (χ0n) is 18.2. The van der Waals surface area contributed by atoms with E-state index in [1.54, 1.807) is 42.5 Å². The quantitative estimate of drug-likeness (QED) is 0.397. The van der Waals surface area contributed by atoms with Gasteiger partial charge in [0.2, 0.25) is 0 Å². The first-order chi connectivity index (χ1) is 15.5. The normalized spacial score (nSPS) is 10.8. The van der Waals surface area contributed by atoms with E-state index in [0.29, 0.717) is 35.1 Å². The Morgan fingerprint density at radius 1 is 0.969 bits per heavy atom. The lowest BCUT2D eigenvalue weighted by molar-refractivity contribution is -0.112. The molecule has 0 saturated carbocycles. The third-order valence-corrected chi connectivity index (χ3v) is 4.72. The van der Waals surface area contributed by atoms with Crippen LogP contribution >= 0.6 is 0 Å². The minimum atomic E-state index is -0.514. The van der Waals surface area contributed by atoms with Crippen molar-refractivity contribution < 1.29 is 19.0 Å². The molecule has 0 aliphatic rings. The second-order valence-electron chi connectivity index (χ2n) is 7.04. The number of amides is 1. The Hall–Kier alpha value is -4.24. The summed E-state index contributed by atoms with van der Waals surface area (Å²) in [5.74, 6) is 1.22. The molecule has 0 aliphatic carbocycles. The first-order valence-electron chi connectivity index (χ1n) is 9.96. The average molecular weight is 428 g/mol. The number of rotatable bonds is 8. The van der Waals surface area contributed by atoms with E-state index >= 15 is 0 Å². The van der Waals surface area contributed by atoms with E-state index in [1.807, 2.05) is 37.3 Å². The second kappa shape index (κ2) is 10.7. The molecule has 6 nitrogen and oxygen atoms in total. The molecule has 0 atom stereocenters. The topological polar surface area (TPSA) is 80.6 Å². The van der Waals surface area contributed by atoms with Crippen LogP contribution in [-0.4, -0.2) is 20.1 Å². The molecule has 0 aliphatic heterocycles. The Kier molecular flexibility index (Phi) is 7.50. The zero-order valence-corrected chi connectivity index (χ0v) is 18.2. The monoisotopic (exact) mass is 428 g/mol. The van der Waals surface area contributed by atoms with Crippen LogP contribution in [0.2, 0.25) is 0 Å². The van der Waals surface area contributed by atoms with Gasteiger partial charge in [0.1, 0.15) is 24.0 Å². The van der Waals surface area contributed by atoms with Crippen molar-refractivity contribution >= 4 is 17.7 Å². The highest BCUT2D eigenvalue weighted by Crippen LogP contribution is 2.30. The van der Waals surface area contributed by atoms with Gasteiger partial charge in [-0.15, -0.1) is 0 Å². The molecule has 3 rings (SSSR count). The maximum Gasteiger partial charge on any atom is 0.266 e. The summed E-state index contributed by atoms with van der Waals surface area (Å²) in [4.78, 5) is 12.6. The first-order valence-corrected chi connectivity index (χ1v) is 9.96. The molecule has 32 heavy (non-hydrogen) atoms. The molecule has 0 unspecified atom stereocenters. The van der Waals surface area contributed by atoms with Crippen LogP contribution in [0.15, 0.2) is 72.3 Å². The fourth-order valence-corrected chi connectivity index (χ4v) is 2.94. The minimum absolute atomic E-state index is 0.0203. The third-order valence-electron chi connectivity index (χ3n) is 4.72. The van der Waals surface area contributed by atoms with Crippen LogP contribution in [0.25, 0.3) is 6.08 Å². The van der Waals surface area contributed by atoms with Gasteiger partial charge in [0, 0.05) is 11.8 Å². The Morgan fingerprint density at radius 2 is 1.66 bits per heavy atom. The van der Waals surface area contributed by atoms with Crippen molar-refractivity contribution in [1.29, 1.82) is 5.26 Å². The van der Waals surface area contributed by atoms with Gasteiger partial charge in [-0.25, -0.2) is 0 Å². The summed E-state index contributed by atoms with van der Waals surface area (Å²) in [6.07, 6.45) is 1.53. The highest BCUT2D eigenvalue weighted by molar-refractivity contribution is 6.09. The van der Waals surface area contributed by atoms with Crippen LogP contribution in [0.4, 0.5) is 5.69 Å². The van der Waals surface area contributed by atoms with Gasteiger partial charge < -0.3 is 19.5 Å². The summed E-state index contributed by atoms with van der Waals surface area (Å²) in [5.41, 5.74) is 3.47. The van der Waals surface area contributed by atoms with Gasteiger partial charge in [-0.05, 0) is 48.4 Å². The summed E-state index contributed by atoms with van der Waals surface area (Å²) < 4.78 is 16.2. The predicted molar refractivity (Wildman–Crippen MR) is 124 cm³/mol. The Morgan fingerprint density at radius 3 is 2.28 bits per heavy atom. The molecule has 0 saturated heterocycles. The number of carbonyl (C=O) groups excluding carboxylic acids is 1. The molecular formula is C26H24N2O4. The van der Waals surface area contributed by atoms with Gasteiger partial charge in [-0.1, -0.05) is 42.0 Å². The van der Waals surface area contributed by atoms with Gasteiger partial charge in [-0.3, -0.25) is 4.79 Å². The summed E-state index contributed by atoms with van der Waals surface area (Å²) in [6.45, 7) is 2.51. The molecule has 0 heterocycles. The van der Waals surface area contributed by atoms with E-state index in [4.69, 9.17) is 14.2 Å². The van der Waals surface area contributed by atoms with E-state index in [2.05, 4.69) is 5.32 Å². The molecule has 1 N–H and O–H groups in total. The van der Waals surface area contributed by atoms with Gasteiger partial charge in [0.15, 0.2) is 11.5 Å². The van der Waals surface area contributed by atoms with E-state index in [0.717, 1.165) is 5.56 Å². The summed E-state index contributed by atoms with van der Waals surface area (Å²) >= 11 is 0. The van der Waals surface area contributed by atoms with Crippen molar-refractivity contribution in [3.63, 3.8) is 0 Å². The lowest BCUT2D eigenvalue weighted by Gasteiger charge is -2.10. The lowest BCUT2D eigenvalue weighted by Crippen LogP contribution is -2.13. The highest BCUT2D eigenvalue weighted by atomic mass is 16.5. The molecule has 0 spiro atoms. The van der Waals surface area contributed by atoms with Crippen molar-refractivity contribution in [2.24, 2.45) is 0 Å². The predicted octanol–water partition coefficient (Wildman–Crippen LogP) is 5.14. The summed E-state index contributed by atoms with van der Waals surface area (Å²) in [7, 11) is 3.05. The van der Waals surface area contributed by atoms with Crippen molar-refractivity contribution in [2.45, 2.75) is 13.5 Å². The molecular weight excluding hydrogens is 404 g/mol. The number of nitrogens with zero attached hydrogens (tertiary/aromatic N) is 1. The van der Waals surface area contributed by atoms with E-state index in [-0.39, 0.29) is 5.57 Å². The number of nitrogens with one attached hydrogen (secondary N) is 1. The fraction of sp³-hybridized carbons (Fsp3) is 0.154. The number of methoxy groups -OCH3 is 2. The van der Waals surface area contributed by atoms with Gasteiger partial charge in [-0.2, -0.15) is 5.26 Å². The van der Waals surface area contributed by atoms with Crippen LogP contribution < -0.4 is 19.5 Å². The molecule has 162 valence electrons. The maximum absolute atomic E-state index is 12.6. The lowest BCUT2D eigenvalue weighted by atomic mass is 10.1. The standard InChI is InChI=1S/C26H24N2O4/c1-18-4-6-20(7-5-18)17-32-23-11-8-19(9-12-23)14-21(16-27)26(29)28-22-10-13-24(30-2)25(15-22)31-3/h4-15H,17H2,1-3H3,(H,28,29)/b21-14+. The second-order valence-corrected chi connectivity index (χ2v) is 7.04. The molecule has 0 radical (unpaired) electrons. The van der Waals surface area contributed by atoms with Crippen LogP contribution in [0.3, 0.4) is 0 Å². The smallest absolute Gasteiger partial charge is 0.266 e. The number of hydrogen-bond donors (Lipinski definition) is 1. The Labute approximate surface area is 187 Å². The maximum atomic E-state index is 12.6. The highest BCUT2D eigenvalue weighted by Gasteiger charge is 2.12. The van der Waals surface area contributed by atoms with E-state index < -0.39 is 5.91 Å². The van der Waals surface area contributed by atoms with E-state index in [9.17, 15) is 10.1 Å². The van der Waals surface area contributed by atoms with E-state index in [1.165, 1.54) is 25.9 Å². The largest absolute Gasteiger partial charge is 0.493 e. The molecule has 0 aromatic heterocycles. The Balaban J connectivity index is 1.65. The van der Waals surface area contributed by atoms with Crippen LogP contribution in [0.5, 0.6) is 17.2 Å². The first kappa shape index (κ1) is 22.4. The molecule has 3 aromatic carbocycles. The summed E-state index contributed by atoms with van der Waals surface area (Å²) in [5, 5.41) is 12.2. The zero-order chi connectivity index (χ0) is 22.9. The molecule has 3 aromatic rings. The number of ether oxygens (including phenoxy) is 3. The molecule has 0 bridgehead atoms. The van der Waals surface area contributed by atoms with Crippen molar-refractivity contribution in [3.8, 4) is 23.3 Å². The number of hydrogen-bond acceptors (Lipinski definition) is 5. The van der Waals surface area contributed by atoms with Crippen molar-refractivity contribution in [3.05, 3.63) is 89.0 Å². The number of benzene rings is 3. The SMILES string of the molecule is COc1ccc(NC(=O)/C(C#N)=C/c2ccc(OCc3ccc(C)cc3)cc2)cc1OC. The van der Waals surface area contributed by atoms with Crippen LogP contribution in [-0.2, 0) is 11.4 Å². The molecule has 6 heteroatoms. The molecule has 1 amide bonds. The average Bonchev–Trinajstić information content (AvgIpc) is 2.82. The van der Waals surface area contributed by atoms with Gasteiger partial charge >= 0.3 is 0 Å². The number of carbonyl (C=O) groups is 1. The van der Waals surface area contributed by atoms with Crippen LogP contribution in [0.1, 0.15) is 16.7 Å². The number of anilines is 1. The third kappa shape index (κ3) is 5.89. The number of nitriles is 1. The fourth-order valence-electron chi connectivity index (χ4n) is 2.94. The minimum Gasteiger partial charge on any atom is -0.493 e. The van der Waals surface area contributed by atoms with Crippen LogP contribution in [0, 0.1) is 18.3 Å². The van der Waals surface area contributed by atoms with Gasteiger partial charge in [0.25, 0.3) is 5.91 Å². The van der Waals surface area contributed by atoms with Crippen molar-refractivity contribution in [1.82, 2.24) is 0 Å². The summed E-state index contributed by atoms with van der Waals surface area (Å²) in [6, 6.07) is 22.3. The molecule has 0 fully saturated rings. The van der Waals surface area contributed by atoms with Crippen molar-refractivity contribution in [2.75, 3.05) is 19.5 Å². The number of aryl methyl sites for hydroxylation is 1. The Bertz CT molecular complexity index is 1140.